The number of carbonyl (C=O) groups is 2. The minimum atomic E-state index is -3.89. The van der Waals surface area contributed by atoms with E-state index in [2.05, 4.69) is 21.2 Å². The topological polar surface area (TPSA) is 105 Å². The van der Waals surface area contributed by atoms with E-state index in [1.165, 1.54) is 4.90 Å². The van der Waals surface area contributed by atoms with Crippen molar-refractivity contribution in [2.24, 2.45) is 0 Å². The molecule has 1 atom stereocenters. The van der Waals surface area contributed by atoms with Crippen molar-refractivity contribution in [3.63, 3.8) is 0 Å². The summed E-state index contributed by atoms with van der Waals surface area (Å²) < 4.78 is 39.1. The Kier molecular flexibility index (Phi) is 10.3. The number of sulfonamides is 1. The summed E-state index contributed by atoms with van der Waals surface area (Å²) in [6, 6.07) is 20.8. The number of nitrogens with zero attached hydrogens (tertiary/aromatic N) is 2. The van der Waals surface area contributed by atoms with E-state index in [1.54, 1.807) is 18.2 Å². The number of halogens is 1. The molecular weight excluding hydrogens is 610 g/mol. The van der Waals surface area contributed by atoms with Crippen LogP contribution in [0, 0.1) is 0 Å². The number of fused-ring (bicyclic) bond motifs is 1. The molecule has 9 nitrogen and oxygen atoms in total. The minimum absolute atomic E-state index is 0.105. The average Bonchev–Trinajstić information content (AvgIpc) is 2.96. The van der Waals surface area contributed by atoms with Crippen molar-refractivity contribution in [1.82, 2.24) is 10.2 Å². The van der Waals surface area contributed by atoms with Crippen molar-refractivity contribution in [2.75, 3.05) is 36.9 Å². The van der Waals surface area contributed by atoms with E-state index in [9.17, 15) is 18.0 Å². The molecule has 3 aromatic carbocycles. The van der Waals surface area contributed by atoms with Gasteiger partial charge in [0, 0.05) is 30.0 Å². The van der Waals surface area contributed by atoms with Crippen molar-refractivity contribution in [3.8, 4) is 11.5 Å². The standard InChI is InChI=1S/C30H34BrN3O6S/c1-3-14-32-30(36)26(18-22-8-5-4-6-9-22)33(20-23-10-7-11-24(31)17-23)29(35)21-34(41(2,37)38)25-12-13-27-28(19-25)40-16-15-39-27/h4-13,17,19,26H,3,14-16,18,20-21H2,1-2H3,(H,32,36)/t26-/m1/s1. The molecule has 0 radical (unpaired) electrons. The van der Waals surface area contributed by atoms with Gasteiger partial charge in [0.25, 0.3) is 0 Å². The Morgan fingerprint density at radius 3 is 2.34 bits per heavy atom. The molecule has 0 saturated carbocycles. The normalized spacial score (nSPS) is 13.2. The van der Waals surface area contributed by atoms with Crippen LogP contribution in [0.15, 0.2) is 77.3 Å². The van der Waals surface area contributed by atoms with Crippen LogP contribution >= 0.6 is 15.9 Å². The number of nitrogens with one attached hydrogen (secondary N) is 1. The van der Waals surface area contributed by atoms with E-state index >= 15 is 0 Å². The average molecular weight is 645 g/mol. The molecule has 0 spiro atoms. The Labute approximate surface area is 249 Å². The van der Waals surface area contributed by atoms with Crippen LogP contribution in [0.3, 0.4) is 0 Å². The molecule has 0 fully saturated rings. The molecule has 218 valence electrons. The number of carbonyl (C=O) groups excluding carboxylic acids is 2. The quantitative estimate of drug-likeness (QED) is 0.318. The maximum absolute atomic E-state index is 14.1. The zero-order valence-electron chi connectivity index (χ0n) is 23.1. The van der Waals surface area contributed by atoms with E-state index in [0.717, 1.165) is 32.6 Å². The lowest BCUT2D eigenvalue weighted by Crippen LogP contribution is -2.53. The third-order valence-corrected chi connectivity index (χ3v) is 8.19. The first kappa shape index (κ1) is 30.4. The van der Waals surface area contributed by atoms with Gasteiger partial charge in [-0.25, -0.2) is 8.42 Å². The molecule has 1 aliphatic heterocycles. The predicted octanol–water partition coefficient (Wildman–Crippen LogP) is 4.15. The number of rotatable bonds is 12. The summed E-state index contributed by atoms with van der Waals surface area (Å²) in [5.74, 6) is 0.0930. The van der Waals surface area contributed by atoms with E-state index in [-0.39, 0.29) is 24.6 Å². The summed E-state index contributed by atoms with van der Waals surface area (Å²) in [6.45, 7) is 2.74. The lowest BCUT2D eigenvalue weighted by molar-refractivity contribution is -0.140. The van der Waals surface area contributed by atoms with E-state index in [4.69, 9.17) is 9.47 Å². The van der Waals surface area contributed by atoms with Crippen LogP contribution in [0.1, 0.15) is 24.5 Å². The Morgan fingerprint density at radius 2 is 1.66 bits per heavy atom. The van der Waals surface area contributed by atoms with E-state index in [0.29, 0.717) is 31.3 Å². The zero-order valence-corrected chi connectivity index (χ0v) is 25.5. The molecule has 4 rings (SSSR count). The predicted molar refractivity (Wildman–Crippen MR) is 162 cm³/mol. The van der Waals surface area contributed by atoms with Gasteiger partial charge in [-0.15, -0.1) is 0 Å². The second-order valence-electron chi connectivity index (χ2n) is 9.75. The first-order valence-electron chi connectivity index (χ1n) is 13.4. The fourth-order valence-corrected chi connectivity index (χ4v) is 5.84. The highest BCUT2D eigenvalue weighted by Crippen LogP contribution is 2.35. The van der Waals surface area contributed by atoms with Crippen molar-refractivity contribution in [1.29, 1.82) is 0 Å². The Hall–Kier alpha value is -3.57. The fraction of sp³-hybridized carbons (Fsp3) is 0.333. The SMILES string of the molecule is CCCNC(=O)[C@@H](Cc1ccccc1)N(Cc1cccc(Br)c1)C(=O)CN(c1ccc2c(c1)OCCO2)S(C)(=O)=O. The number of anilines is 1. The summed E-state index contributed by atoms with van der Waals surface area (Å²) in [5.41, 5.74) is 1.94. The van der Waals surface area contributed by atoms with Gasteiger partial charge >= 0.3 is 0 Å². The smallest absolute Gasteiger partial charge is 0.244 e. The summed E-state index contributed by atoms with van der Waals surface area (Å²) in [6.07, 6.45) is 2.04. The van der Waals surface area contributed by atoms with Crippen molar-refractivity contribution in [2.45, 2.75) is 32.4 Å². The van der Waals surface area contributed by atoms with Gasteiger partial charge in [-0.2, -0.15) is 0 Å². The molecule has 1 aliphatic rings. The van der Waals surface area contributed by atoms with E-state index < -0.39 is 28.5 Å². The van der Waals surface area contributed by atoms with Gasteiger partial charge in [0.15, 0.2) is 11.5 Å². The van der Waals surface area contributed by atoms with Crippen molar-refractivity contribution >= 4 is 43.5 Å². The third kappa shape index (κ3) is 8.23. The number of hydrogen-bond donors (Lipinski definition) is 1. The molecule has 0 saturated heterocycles. The second-order valence-corrected chi connectivity index (χ2v) is 12.6. The van der Waals surface area contributed by atoms with Crippen LogP contribution in [0.2, 0.25) is 0 Å². The van der Waals surface area contributed by atoms with Crippen LogP contribution in [-0.2, 0) is 32.6 Å². The highest BCUT2D eigenvalue weighted by molar-refractivity contribution is 9.10. The number of benzene rings is 3. The van der Waals surface area contributed by atoms with Gasteiger partial charge in [0.2, 0.25) is 21.8 Å². The van der Waals surface area contributed by atoms with Crippen LogP contribution in [0.4, 0.5) is 5.69 Å². The van der Waals surface area contributed by atoms with Gasteiger partial charge in [-0.3, -0.25) is 13.9 Å². The summed E-state index contributed by atoms with van der Waals surface area (Å²) in [4.78, 5) is 29.1. The van der Waals surface area contributed by atoms with Crippen LogP contribution in [-0.4, -0.2) is 63.7 Å². The monoisotopic (exact) mass is 643 g/mol. The molecular formula is C30H34BrN3O6S. The largest absolute Gasteiger partial charge is 0.486 e. The Bertz CT molecular complexity index is 1470. The van der Waals surface area contributed by atoms with Crippen LogP contribution in [0.5, 0.6) is 11.5 Å². The first-order valence-corrected chi connectivity index (χ1v) is 16.0. The third-order valence-electron chi connectivity index (χ3n) is 6.56. The molecule has 41 heavy (non-hydrogen) atoms. The maximum Gasteiger partial charge on any atom is 0.244 e. The first-order chi connectivity index (χ1) is 19.7. The summed E-state index contributed by atoms with van der Waals surface area (Å²) in [5, 5.41) is 2.93. The van der Waals surface area contributed by atoms with Crippen molar-refractivity contribution in [3.05, 3.63) is 88.4 Å². The zero-order chi connectivity index (χ0) is 29.4. The van der Waals surface area contributed by atoms with Gasteiger partial charge in [0.1, 0.15) is 25.8 Å². The van der Waals surface area contributed by atoms with Gasteiger partial charge < -0.3 is 19.7 Å². The molecule has 11 heteroatoms. The van der Waals surface area contributed by atoms with Crippen molar-refractivity contribution < 1.29 is 27.5 Å². The molecule has 0 aliphatic carbocycles. The molecule has 0 aromatic heterocycles. The van der Waals surface area contributed by atoms with Crippen LogP contribution in [0.25, 0.3) is 0 Å². The van der Waals surface area contributed by atoms with E-state index in [1.807, 2.05) is 61.5 Å². The molecule has 0 bridgehead atoms. The summed E-state index contributed by atoms with van der Waals surface area (Å²) >= 11 is 3.48. The second kappa shape index (κ2) is 13.9. The van der Waals surface area contributed by atoms with Crippen LogP contribution < -0.4 is 19.1 Å². The molecule has 1 heterocycles. The number of ether oxygens (including phenoxy) is 2. The molecule has 0 unspecified atom stereocenters. The highest BCUT2D eigenvalue weighted by atomic mass is 79.9. The van der Waals surface area contributed by atoms with Gasteiger partial charge in [-0.05, 0) is 41.8 Å². The number of hydrogen-bond acceptors (Lipinski definition) is 6. The lowest BCUT2D eigenvalue weighted by atomic mass is 10.0. The lowest BCUT2D eigenvalue weighted by Gasteiger charge is -2.33. The number of amides is 2. The Balaban J connectivity index is 1.72. The molecule has 3 aromatic rings. The maximum atomic E-state index is 14.1. The minimum Gasteiger partial charge on any atom is -0.486 e. The molecule has 2 amide bonds. The van der Waals surface area contributed by atoms with Gasteiger partial charge in [-0.1, -0.05) is 65.3 Å². The fourth-order valence-electron chi connectivity index (χ4n) is 4.55. The summed E-state index contributed by atoms with van der Waals surface area (Å²) in [7, 11) is -3.89. The Morgan fingerprint density at radius 1 is 0.951 bits per heavy atom. The highest BCUT2D eigenvalue weighted by Gasteiger charge is 2.33. The molecule has 1 N–H and O–H groups in total. The van der Waals surface area contributed by atoms with Gasteiger partial charge in [0.05, 0.1) is 11.9 Å².